The number of nitrogens with zero attached hydrogens (tertiary/aromatic N) is 5. The van der Waals surface area contributed by atoms with Crippen LogP contribution in [0.1, 0.15) is 46.1 Å². The number of H-pyrrole nitrogens is 1. The Bertz CT molecular complexity index is 1170. The summed E-state index contributed by atoms with van der Waals surface area (Å²) in [6.45, 7) is 9.05. The summed E-state index contributed by atoms with van der Waals surface area (Å²) < 4.78 is 42.6. The van der Waals surface area contributed by atoms with Gasteiger partial charge in [0.2, 0.25) is 5.82 Å². The first-order chi connectivity index (χ1) is 17.1. The van der Waals surface area contributed by atoms with Crippen molar-refractivity contribution in [2.24, 2.45) is 11.8 Å². The number of aromatic nitrogens is 4. The van der Waals surface area contributed by atoms with Crippen LogP contribution in [0.4, 0.5) is 13.2 Å². The predicted molar refractivity (Wildman–Crippen MR) is 134 cm³/mol. The molecule has 2 heterocycles. The number of hydrogen-bond donors (Lipinski definition) is 1. The summed E-state index contributed by atoms with van der Waals surface area (Å²) in [5.74, 6) is 0.968. The Hall–Kier alpha value is -3.36. The quantitative estimate of drug-likeness (QED) is 0.366. The third-order valence-corrected chi connectivity index (χ3v) is 6.28. The molecule has 1 aliphatic heterocycles. The van der Waals surface area contributed by atoms with Crippen molar-refractivity contribution in [1.29, 1.82) is 0 Å². The lowest BCUT2D eigenvalue weighted by Crippen LogP contribution is -2.34. The SMILES string of the molecule is CC(C)CCC1=C(C(F)(F)F)N(CC(C)C)CN1Cc1ccc(-c2ccccc2-c2nn[nH]n2)cc1. The number of tetrazole rings is 1. The molecule has 0 amide bonds. The molecule has 3 aromatic rings. The van der Waals surface area contributed by atoms with Crippen molar-refractivity contribution in [2.45, 2.75) is 53.3 Å². The van der Waals surface area contributed by atoms with Crippen LogP contribution in [0, 0.1) is 11.8 Å². The minimum Gasteiger partial charge on any atom is -0.351 e. The maximum Gasteiger partial charge on any atom is 0.432 e. The molecule has 0 bridgehead atoms. The van der Waals surface area contributed by atoms with Crippen molar-refractivity contribution in [3.05, 3.63) is 65.5 Å². The van der Waals surface area contributed by atoms with Crippen molar-refractivity contribution in [1.82, 2.24) is 30.4 Å². The Morgan fingerprint density at radius 1 is 0.917 bits per heavy atom. The maximum absolute atomic E-state index is 14.2. The van der Waals surface area contributed by atoms with Crippen LogP contribution in [-0.2, 0) is 6.54 Å². The van der Waals surface area contributed by atoms with E-state index in [2.05, 4.69) is 20.6 Å². The molecule has 0 aliphatic carbocycles. The summed E-state index contributed by atoms with van der Waals surface area (Å²) >= 11 is 0. The Morgan fingerprint density at radius 2 is 1.61 bits per heavy atom. The van der Waals surface area contributed by atoms with E-state index in [9.17, 15) is 13.2 Å². The van der Waals surface area contributed by atoms with Gasteiger partial charge in [0.05, 0.1) is 6.67 Å². The van der Waals surface area contributed by atoms with Gasteiger partial charge in [0.1, 0.15) is 5.70 Å². The standard InChI is InChI=1S/C27H33F3N6/c1-18(2)9-14-24-25(27(28,29)30)36(15-19(3)4)17-35(24)16-20-10-12-21(13-11-20)22-7-5-6-8-23(22)26-31-33-34-32-26/h5-8,10-13,18-19H,9,14-17H2,1-4H3,(H,31,32,33,34). The van der Waals surface area contributed by atoms with Crippen LogP contribution in [0.15, 0.2) is 59.9 Å². The zero-order chi connectivity index (χ0) is 25.9. The smallest absolute Gasteiger partial charge is 0.351 e. The van der Waals surface area contributed by atoms with E-state index in [-0.39, 0.29) is 12.6 Å². The molecule has 1 N–H and O–H groups in total. The highest BCUT2D eigenvalue weighted by Crippen LogP contribution is 2.40. The van der Waals surface area contributed by atoms with Crippen molar-refractivity contribution >= 4 is 0 Å². The number of rotatable bonds is 9. The van der Waals surface area contributed by atoms with E-state index in [1.165, 1.54) is 4.90 Å². The number of nitrogens with one attached hydrogen (secondary N) is 1. The number of benzene rings is 2. The fourth-order valence-electron chi connectivity index (χ4n) is 4.69. The first kappa shape index (κ1) is 25.7. The first-order valence-corrected chi connectivity index (χ1v) is 12.4. The topological polar surface area (TPSA) is 60.9 Å². The molecule has 0 atom stereocenters. The van der Waals surface area contributed by atoms with E-state index in [1.54, 1.807) is 0 Å². The predicted octanol–water partition coefficient (Wildman–Crippen LogP) is 6.47. The minimum atomic E-state index is -4.38. The molecule has 9 heteroatoms. The number of aromatic amines is 1. The zero-order valence-electron chi connectivity index (χ0n) is 21.2. The first-order valence-electron chi connectivity index (χ1n) is 12.4. The summed E-state index contributed by atoms with van der Waals surface area (Å²) in [5.41, 5.74) is 3.70. The fourth-order valence-corrected chi connectivity index (χ4v) is 4.69. The fraction of sp³-hybridized carbons (Fsp3) is 0.444. The minimum absolute atomic E-state index is 0.132. The monoisotopic (exact) mass is 498 g/mol. The van der Waals surface area contributed by atoms with Crippen molar-refractivity contribution in [3.8, 4) is 22.5 Å². The molecule has 1 aliphatic rings. The molecule has 192 valence electrons. The van der Waals surface area contributed by atoms with E-state index in [4.69, 9.17) is 0 Å². The number of hydrogen-bond acceptors (Lipinski definition) is 5. The average molecular weight is 499 g/mol. The van der Waals surface area contributed by atoms with Gasteiger partial charge in [-0.1, -0.05) is 76.2 Å². The third-order valence-electron chi connectivity index (χ3n) is 6.28. The van der Waals surface area contributed by atoms with Crippen LogP contribution in [0.25, 0.3) is 22.5 Å². The highest BCUT2D eigenvalue weighted by molar-refractivity contribution is 5.80. The Labute approximate surface area is 210 Å². The summed E-state index contributed by atoms with van der Waals surface area (Å²) in [4.78, 5) is 3.41. The van der Waals surface area contributed by atoms with E-state index in [1.807, 2.05) is 81.1 Å². The van der Waals surface area contributed by atoms with Gasteiger partial charge in [-0.2, -0.15) is 18.4 Å². The van der Waals surface area contributed by atoms with Crippen molar-refractivity contribution in [2.75, 3.05) is 13.2 Å². The van der Waals surface area contributed by atoms with E-state index >= 15 is 0 Å². The third kappa shape index (κ3) is 5.88. The lowest BCUT2D eigenvalue weighted by atomic mass is 9.98. The number of alkyl halides is 3. The lowest BCUT2D eigenvalue weighted by Gasteiger charge is -2.26. The summed E-state index contributed by atoms with van der Waals surface area (Å²) in [5, 5.41) is 14.3. The lowest BCUT2D eigenvalue weighted by molar-refractivity contribution is -0.110. The summed E-state index contributed by atoms with van der Waals surface area (Å²) in [6, 6.07) is 15.8. The molecule has 0 radical (unpaired) electrons. The average Bonchev–Trinajstić information content (AvgIpc) is 3.46. The van der Waals surface area contributed by atoms with Crippen LogP contribution in [0.5, 0.6) is 0 Å². The van der Waals surface area contributed by atoms with Crippen LogP contribution < -0.4 is 0 Å². The van der Waals surface area contributed by atoms with Crippen LogP contribution in [-0.4, -0.2) is 49.8 Å². The molecule has 0 fully saturated rings. The van der Waals surface area contributed by atoms with Gasteiger partial charge >= 0.3 is 6.18 Å². The van der Waals surface area contributed by atoms with Crippen LogP contribution >= 0.6 is 0 Å². The van der Waals surface area contributed by atoms with E-state index in [0.29, 0.717) is 43.4 Å². The van der Waals surface area contributed by atoms with Crippen molar-refractivity contribution in [3.63, 3.8) is 0 Å². The molecule has 0 saturated carbocycles. The highest BCUT2D eigenvalue weighted by atomic mass is 19.4. The Morgan fingerprint density at radius 3 is 2.19 bits per heavy atom. The van der Waals surface area contributed by atoms with Gasteiger partial charge in [-0.25, -0.2) is 0 Å². The number of halogens is 3. The largest absolute Gasteiger partial charge is 0.432 e. The van der Waals surface area contributed by atoms with Gasteiger partial charge < -0.3 is 9.80 Å². The van der Waals surface area contributed by atoms with Gasteiger partial charge in [-0.3, -0.25) is 0 Å². The Balaban J connectivity index is 1.60. The molecule has 6 nitrogen and oxygen atoms in total. The molecular weight excluding hydrogens is 465 g/mol. The molecule has 36 heavy (non-hydrogen) atoms. The normalized spacial score (nSPS) is 14.6. The second kappa shape index (κ2) is 10.7. The molecular formula is C27H33F3N6. The summed E-state index contributed by atoms with van der Waals surface area (Å²) in [6.07, 6.45) is -3.25. The van der Waals surface area contributed by atoms with Gasteiger partial charge in [0, 0.05) is 24.4 Å². The molecule has 0 unspecified atom stereocenters. The van der Waals surface area contributed by atoms with E-state index in [0.717, 1.165) is 22.3 Å². The van der Waals surface area contributed by atoms with Crippen molar-refractivity contribution < 1.29 is 13.2 Å². The van der Waals surface area contributed by atoms with Gasteiger partial charge in [0.25, 0.3) is 0 Å². The highest BCUT2D eigenvalue weighted by Gasteiger charge is 2.45. The van der Waals surface area contributed by atoms with Crippen LogP contribution in [0.2, 0.25) is 0 Å². The zero-order valence-corrected chi connectivity index (χ0v) is 21.2. The van der Waals surface area contributed by atoms with Crippen LogP contribution in [0.3, 0.4) is 0 Å². The molecule has 0 saturated heterocycles. The number of allylic oxidation sites excluding steroid dienone is 2. The van der Waals surface area contributed by atoms with Gasteiger partial charge in [-0.15, -0.1) is 10.2 Å². The molecule has 1 aromatic heterocycles. The second-order valence-corrected chi connectivity index (χ2v) is 10.2. The van der Waals surface area contributed by atoms with Gasteiger partial charge in [-0.05, 0) is 46.6 Å². The molecule has 2 aromatic carbocycles. The van der Waals surface area contributed by atoms with Gasteiger partial charge in [0.15, 0.2) is 0 Å². The second-order valence-electron chi connectivity index (χ2n) is 10.2. The molecule has 4 rings (SSSR count). The summed E-state index contributed by atoms with van der Waals surface area (Å²) in [7, 11) is 0. The van der Waals surface area contributed by atoms with E-state index < -0.39 is 11.9 Å². The Kier molecular flexibility index (Phi) is 7.66. The molecule has 0 spiro atoms. The maximum atomic E-state index is 14.2.